The highest BCUT2D eigenvalue weighted by atomic mass is 16.5. The Hall–Kier alpha value is -2.88. The number of rotatable bonds is 4. The van der Waals surface area contributed by atoms with E-state index < -0.39 is 0 Å². The van der Waals surface area contributed by atoms with Gasteiger partial charge in [0.05, 0.1) is 11.5 Å². The molecule has 4 rings (SSSR count). The van der Waals surface area contributed by atoms with Crippen molar-refractivity contribution in [2.75, 3.05) is 0 Å². The zero-order chi connectivity index (χ0) is 20.4. The SMILES string of the molecule is CCc1ccc(/C=C2\Oc3c(ccc(OC(=O)C4CCCCC4)c3C)C2=O)cc1. The normalized spacial score (nSPS) is 17.9. The molecule has 0 spiro atoms. The molecule has 1 heterocycles. The second kappa shape index (κ2) is 8.24. The van der Waals surface area contributed by atoms with Crippen molar-refractivity contribution in [3.63, 3.8) is 0 Å². The highest BCUT2D eigenvalue weighted by molar-refractivity contribution is 6.15. The zero-order valence-electron chi connectivity index (χ0n) is 17.0. The molecule has 1 saturated carbocycles. The molecule has 0 bridgehead atoms. The van der Waals surface area contributed by atoms with Gasteiger partial charge >= 0.3 is 5.97 Å². The molecule has 0 aromatic heterocycles. The van der Waals surface area contributed by atoms with E-state index in [1.165, 1.54) is 12.0 Å². The fourth-order valence-corrected chi connectivity index (χ4v) is 4.01. The number of hydrogen-bond donors (Lipinski definition) is 0. The molecule has 1 aliphatic heterocycles. The van der Waals surface area contributed by atoms with Crippen molar-refractivity contribution in [3.05, 3.63) is 64.4 Å². The summed E-state index contributed by atoms with van der Waals surface area (Å²) < 4.78 is 11.6. The summed E-state index contributed by atoms with van der Waals surface area (Å²) in [6.07, 6.45) is 7.85. The van der Waals surface area contributed by atoms with Crippen molar-refractivity contribution in [2.45, 2.75) is 52.4 Å². The van der Waals surface area contributed by atoms with Gasteiger partial charge in [-0.15, -0.1) is 0 Å². The van der Waals surface area contributed by atoms with Gasteiger partial charge in [-0.25, -0.2) is 0 Å². The van der Waals surface area contributed by atoms with Crippen molar-refractivity contribution >= 4 is 17.8 Å². The molecule has 0 unspecified atom stereocenters. The highest BCUT2D eigenvalue weighted by Crippen LogP contribution is 2.39. The summed E-state index contributed by atoms with van der Waals surface area (Å²) in [7, 11) is 0. The van der Waals surface area contributed by atoms with E-state index in [1.807, 2.05) is 31.2 Å². The molecular weight excluding hydrogens is 364 g/mol. The van der Waals surface area contributed by atoms with E-state index in [-0.39, 0.29) is 17.7 Å². The largest absolute Gasteiger partial charge is 0.452 e. The van der Waals surface area contributed by atoms with Gasteiger partial charge in [0.15, 0.2) is 5.76 Å². The fraction of sp³-hybridized carbons (Fsp3) is 0.360. The Morgan fingerprint density at radius 2 is 1.83 bits per heavy atom. The number of ether oxygens (including phenoxy) is 2. The van der Waals surface area contributed by atoms with Crippen LogP contribution in [0.3, 0.4) is 0 Å². The van der Waals surface area contributed by atoms with Crippen molar-refractivity contribution in [3.8, 4) is 11.5 Å². The average Bonchev–Trinajstić information content (AvgIpc) is 3.07. The molecule has 2 aromatic carbocycles. The van der Waals surface area contributed by atoms with Gasteiger partial charge in [-0.3, -0.25) is 9.59 Å². The van der Waals surface area contributed by atoms with Crippen LogP contribution in [0.4, 0.5) is 0 Å². The van der Waals surface area contributed by atoms with Gasteiger partial charge in [0.2, 0.25) is 5.78 Å². The summed E-state index contributed by atoms with van der Waals surface area (Å²) in [5.41, 5.74) is 3.36. The maximum Gasteiger partial charge on any atom is 0.314 e. The number of ketones is 1. The minimum Gasteiger partial charge on any atom is -0.452 e. The maximum atomic E-state index is 12.8. The van der Waals surface area contributed by atoms with Crippen molar-refractivity contribution in [1.82, 2.24) is 0 Å². The fourth-order valence-electron chi connectivity index (χ4n) is 4.01. The number of hydrogen-bond acceptors (Lipinski definition) is 4. The van der Waals surface area contributed by atoms with Crippen LogP contribution in [-0.2, 0) is 11.2 Å². The molecule has 1 fully saturated rings. The number of benzene rings is 2. The third-order valence-corrected chi connectivity index (χ3v) is 5.87. The standard InChI is InChI=1S/C25H26O4/c1-3-17-9-11-18(12-10-17)15-22-23(26)20-13-14-21(16(2)24(20)28-22)29-25(27)19-7-5-4-6-8-19/h9-15,19H,3-8H2,1-2H3/b22-15-. The van der Waals surface area contributed by atoms with Crippen LogP contribution >= 0.6 is 0 Å². The summed E-state index contributed by atoms with van der Waals surface area (Å²) in [5, 5.41) is 0. The Bertz CT molecular complexity index is 963. The minimum absolute atomic E-state index is 0.0273. The first-order chi connectivity index (χ1) is 14.1. The summed E-state index contributed by atoms with van der Waals surface area (Å²) >= 11 is 0. The Labute approximate surface area is 171 Å². The molecule has 2 aliphatic rings. The molecule has 1 aliphatic carbocycles. The lowest BCUT2D eigenvalue weighted by Crippen LogP contribution is -2.23. The number of carbonyl (C=O) groups excluding carboxylic acids is 2. The van der Waals surface area contributed by atoms with E-state index in [2.05, 4.69) is 6.92 Å². The Kier molecular flexibility index (Phi) is 5.52. The van der Waals surface area contributed by atoms with Crippen LogP contribution in [0.25, 0.3) is 6.08 Å². The average molecular weight is 390 g/mol. The first kappa shape index (κ1) is 19.4. The number of Topliss-reactive ketones (excluding diaryl/α,β-unsaturated/α-hetero) is 1. The second-order valence-corrected chi connectivity index (χ2v) is 7.86. The van der Waals surface area contributed by atoms with Gasteiger partial charge in [-0.05, 0) is 55.5 Å². The second-order valence-electron chi connectivity index (χ2n) is 7.86. The van der Waals surface area contributed by atoms with Crippen LogP contribution in [-0.4, -0.2) is 11.8 Å². The van der Waals surface area contributed by atoms with Crippen molar-refractivity contribution in [2.24, 2.45) is 5.92 Å². The van der Waals surface area contributed by atoms with Crippen molar-refractivity contribution in [1.29, 1.82) is 0 Å². The molecule has 4 nitrogen and oxygen atoms in total. The van der Waals surface area contributed by atoms with Crippen LogP contribution in [0.1, 0.15) is 66.1 Å². The van der Waals surface area contributed by atoms with Crippen LogP contribution in [0.5, 0.6) is 11.5 Å². The van der Waals surface area contributed by atoms with E-state index in [0.717, 1.165) is 37.7 Å². The number of esters is 1. The first-order valence-electron chi connectivity index (χ1n) is 10.4. The van der Waals surface area contributed by atoms with E-state index in [0.29, 0.717) is 28.4 Å². The van der Waals surface area contributed by atoms with E-state index >= 15 is 0 Å². The monoisotopic (exact) mass is 390 g/mol. The van der Waals surface area contributed by atoms with Gasteiger partial charge in [0.1, 0.15) is 11.5 Å². The van der Waals surface area contributed by atoms with E-state index in [4.69, 9.17) is 9.47 Å². The van der Waals surface area contributed by atoms with Crippen LogP contribution in [0.2, 0.25) is 0 Å². The molecular formula is C25H26O4. The van der Waals surface area contributed by atoms with Gasteiger partial charge in [0, 0.05) is 5.56 Å². The van der Waals surface area contributed by atoms with Crippen molar-refractivity contribution < 1.29 is 19.1 Å². The molecule has 0 N–H and O–H groups in total. The molecule has 0 amide bonds. The van der Waals surface area contributed by atoms with Crippen LogP contribution in [0, 0.1) is 12.8 Å². The predicted octanol–water partition coefficient (Wildman–Crippen LogP) is 5.66. The smallest absolute Gasteiger partial charge is 0.314 e. The molecule has 0 saturated heterocycles. The number of carbonyl (C=O) groups is 2. The lowest BCUT2D eigenvalue weighted by atomic mass is 9.89. The molecule has 0 radical (unpaired) electrons. The van der Waals surface area contributed by atoms with Gasteiger partial charge in [0.25, 0.3) is 0 Å². The van der Waals surface area contributed by atoms with Gasteiger partial charge in [-0.2, -0.15) is 0 Å². The summed E-state index contributed by atoms with van der Waals surface area (Å²) in [6.45, 7) is 3.93. The minimum atomic E-state index is -0.177. The van der Waals surface area contributed by atoms with E-state index in [9.17, 15) is 9.59 Å². The van der Waals surface area contributed by atoms with Crippen LogP contribution < -0.4 is 9.47 Å². The number of fused-ring (bicyclic) bond motifs is 1. The first-order valence-corrected chi connectivity index (χ1v) is 10.4. The maximum absolute atomic E-state index is 12.8. The zero-order valence-corrected chi connectivity index (χ0v) is 17.0. The number of allylic oxidation sites excluding steroid dienone is 1. The molecule has 150 valence electrons. The Balaban J connectivity index is 1.54. The molecule has 4 heteroatoms. The predicted molar refractivity (Wildman–Crippen MR) is 112 cm³/mol. The summed E-state index contributed by atoms with van der Waals surface area (Å²) in [5.74, 6) is 0.904. The van der Waals surface area contributed by atoms with E-state index in [1.54, 1.807) is 18.2 Å². The molecule has 0 atom stereocenters. The summed E-state index contributed by atoms with van der Waals surface area (Å²) in [4.78, 5) is 25.3. The van der Waals surface area contributed by atoms with Gasteiger partial charge in [-0.1, -0.05) is 50.5 Å². The Morgan fingerprint density at radius 1 is 1.10 bits per heavy atom. The van der Waals surface area contributed by atoms with Gasteiger partial charge < -0.3 is 9.47 Å². The summed E-state index contributed by atoms with van der Waals surface area (Å²) in [6, 6.07) is 11.5. The highest BCUT2D eigenvalue weighted by Gasteiger charge is 2.31. The number of aryl methyl sites for hydroxylation is 1. The lowest BCUT2D eigenvalue weighted by molar-refractivity contribution is -0.140. The lowest BCUT2D eigenvalue weighted by Gasteiger charge is -2.20. The third kappa shape index (κ3) is 3.98. The van der Waals surface area contributed by atoms with Crippen LogP contribution in [0.15, 0.2) is 42.2 Å². The quantitative estimate of drug-likeness (QED) is 0.384. The third-order valence-electron chi connectivity index (χ3n) is 5.87. The molecule has 2 aromatic rings. The topological polar surface area (TPSA) is 52.6 Å². The Morgan fingerprint density at radius 3 is 2.52 bits per heavy atom. The molecule has 29 heavy (non-hydrogen) atoms.